The van der Waals surface area contributed by atoms with Crippen LogP contribution in [0.4, 0.5) is 5.82 Å². The molecular formula is C39H60ClN4O8P. The number of hydrogen-bond donors (Lipinski definition) is 1. The Kier molecular flexibility index (Phi) is 15.8. The fourth-order valence-corrected chi connectivity index (χ4v) is 8.64. The maximum atomic E-state index is 14.1. The largest absolute Gasteiger partial charge is 0.530 e. The summed E-state index contributed by atoms with van der Waals surface area (Å²) >= 11 is 6.36. The zero-order valence-corrected chi connectivity index (χ0v) is 33.7. The Morgan fingerprint density at radius 2 is 1.49 bits per heavy atom. The van der Waals surface area contributed by atoms with E-state index in [4.69, 9.17) is 49.9 Å². The SMILES string of the molecule is CCCCCCCCCCCCCCCCOCCOP(=O)(OC[C@H]1O[C@@](C)(c2ccc3c(N)ncnn23)[C@@H]2OC(C)(C)O[C@@H]21)Oc1ccccc1Cl. The van der Waals surface area contributed by atoms with Crippen LogP contribution in [0.5, 0.6) is 5.75 Å². The number of phosphoric ester groups is 1. The molecule has 2 aliphatic rings. The van der Waals surface area contributed by atoms with E-state index in [2.05, 4.69) is 17.0 Å². The molecule has 296 valence electrons. The Bertz CT molecular complexity index is 1610. The average molecular weight is 779 g/mol. The molecule has 2 fully saturated rings. The van der Waals surface area contributed by atoms with Gasteiger partial charge in [-0.15, -0.1) is 0 Å². The van der Waals surface area contributed by atoms with E-state index in [0.29, 0.717) is 23.6 Å². The van der Waals surface area contributed by atoms with Crippen LogP contribution in [0.15, 0.2) is 42.7 Å². The Hall–Kier alpha value is -2.28. The molecule has 0 bridgehead atoms. The van der Waals surface area contributed by atoms with Gasteiger partial charge in [-0.3, -0.25) is 9.05 Å². The number of phosphoric acid groups is 1. The van der Waals surface area contributed by atoms with Gasteiger partial charge in [0.1, 0.15) is 41.5 Å². The number of para-hydroxylation sites is 1. The summed E-state index contributed by atoms with van der Waals surface area (Å²) in [4.78, 5) is 4.10. The number of halogens is 1. The van der Waals surface area contributed by atoms with Crippen molar-refractivity contribution in [3.63, 3.8) is 0 Å². The molecule has 5 rings (SSSR count). The lowest BCUT2D eigenvalue weighted by Gasteiger charge is -2.31. The van der Waals surface area contributed by atoms with E-state index < -0.39 is 37.5 Å². The van der Waals surface area contributed by atoms with Crippen molar-refractivity contribution in [2.75, 3.05) is 32.2 Å². The van der Waals surface area contributed by atoms with Crippen molar-refractivity contribution in [2.24, 2.45) is 0 Å². The molecule has 2 aliphatic heterocycles. The molecule has 1 aromatic carbocycles. The van der Waals surface area contributed by atoms with Crippen molar-refractivity contribution in [3.05, 3.63) is 53.4 Å². The first-order valence-corrected chi connectivity index (χ1v) is 21.4. The van der Waals surface area contributed by atoms with Gasteiger partial charge in [0.05, 0.1) is 30.5 Å². The van der Waals surface area contributed by atoms with Gasteiger partial charge in [-0.2, -0.15) is 5.10 Å². The molecule has 5 atom stereocenters. The van der Waals surface area contributed by atoms with Gasteiger partial charge in [-0.25, -0.2) is 14.1 Å². The predicted octanol–water partition coefficient (Wildman–Crippen LogP) is 9.82. The van der Waals surface area contributed by atoms with E-state index in [1.807, 2.05) is 32.9 Å². The minimum Gasteiger partial charge on any atom is -0.402 e. The number of aromatic nitrogens is 3. The van der Waals surface area contributed by atoms with Crippen LogP contribution < -0.4 is 10.3 Å². The molecule has 1 unspecified atom stereocenters. The van der Waals surface area contributed by atoms with E-state index in [1.54, 1.807) is 28.8 Å². The van der Waals surface area contributed by atoms with E-state index in [9.17, 15) is 4.57 Å². The summed E-state index contributed by atoms with van der Waals surface area (Å²) in [5, 5.41) is 4.69. The maximum absolute atomic E-state index is 14.1. The second kappa shape index (κ2) is 20.1. The van der Waals surface area contributed by atoms with E-state index in [-0.39, 0.29) is 30.6 Å². The summed E-state index contributed by atoms with van der Waals surface area (Å²) < 4.78 is 58.6. The van der Waals surface area contributed by atoms with Crippen molar-refractivity contribution in [2.45, 2.75) is 147 Å². The zero-order valence-electron chi connectivity index (χ0n) is 32.0. The molecule has 0 saturated carbocycles. The van der Waals surface area contributed by atoms with Gasteiger partial charge in [0.2, 0.25) is 0 Å². The Labute approximate surface area is 320 Å². The summed E-state index contributed by atoms with van der Waals surface area (Å²) in [7, 11) is -4.21. The van der Waals surface area contributed by atoms with Crippen molar-refractivity contribution in [3.8, 4) is 5.75 Å². The Morgan fingerprint density at radius 1 is 0.830 bits per heavy atom. The molecule has 0 spiro atoms. The van der Waals surface area contributed by atoms with Gasteiger partial charge in [0.25, 0.3) is 0 Å². The van der Waals surface area contributed by atoms with E-state index in [0.717, 1.165) is 12.8 Å². The number of anilines is 1. The molecule has 0 aliphatic carbocycles. The summed E-state index contributed by atoms with van der Waals surface area (Å²) in [6.45, 7) is 8.51. The number of fused-ring (bicyclic) bond motifs is 2. The highest BCUT2D eigenvalue weighted by Crippen LogP contribution is 2.54. The zero-order chi connectivity index (χ0) is 37.7. The number of rotatable bonds is 25. The van der Waals surface area contributed by atoms with Gasteiger partial charge >= 0.3 is 7.82 Å². The second-order valence-electron chi connectivity index (χ2n) is 14.8. The lowest BCUT2D eigenvalue weighted by Crippen LogP contribution is -2.39. The topological polar surface area (TPSA) is 138 Å². The third-order valence-corrected chi connectivity index (χ3v) is 11.7. The lowest BCUT2D eigenvalue weighted by atomic mass is 9.93. The lowest BCUT2D eigenvalue weighted by molar-refractivity contribution is -0.212. The molecule has 14 heteroatoms. The van der Waals surface area contributed by atoms with Crippen LogP contribution in [0.1, 0.15) is 123 Å². The number of unbranched alkanes of at least 4 members (excludes halogenated alkanes) is 13. The number of nitrogen functional groups attached to an aromatic ring is 1. The standard InChI is InChI=1S/C39H60ClN4O8P/c1-5-6-7-8-9-10-11-12-13-14-15-16-17-20-25-46-26-27-47-53(45,52-32-22-19-18-21-30(32)40)48-28-33-35-36(51-38(2,3)50-35)39(4,49-33)34-24-23-31-37(41)42-29-43-44(31)34/h18-19,21-24,29,33,35-36H,5-17,20,25-28H2,1-4H3,(H2,41,42,43)/t33-,35-,36-,39+,53?/m1/s1. The van der Waals surface area contributed by atoms with Crippen molar-refractivity contribution >= 4 is 30.8 Å². The van der Waals surface area contributed by atoms with Gasteiger partial charge < -0.3 is 29.2 Å². The van der Waals surface area contributed by atoms with Crippen LogP contribution in [0.2, 0.25) is 5.02 Å². The average Bonchev–Trinajstić information content (AvgIpc) is 3.79. The van der Waals surface area contributed by atoms with Crippen molar-refractivity contribution < 1.29 is 37.1 Å². The fourth-order valence-electron chi connectivity index (χ4n) is 7.20. The monoisotopic (exact) mass is 778 g/mol. The number of ether oxygens (including phenoxy) is 4. The molecule has 4 heterocycles. The molecule has 3 aromatic rings. The summed E-state index contributed by atoms with van der Waals surface area (Å²) in [5.41, 5.74) is 6.42. The number of benzene rings is 1. The summed E-state index contributed by atoms with van der Waals surface area (Å²) in [5.74, 6) is -0.390. The van der Waals surface area contributed by atoms with Gasteiger partial charge in [0.15, 0.2) is 11.6 Å². The molecule has 2 aromatic heterocycles. The van der Waals surface area contributed by atoms with E-state index >= 15 is 0 Å². The highest BCUT2D eigenvalue weighted by atomic mass is 35.5. The highest BCUT2D eigenvalue weighted by molar-refractivity contribution is 7.48. The summed E-state index contributed by atoms with van der Waals surface area (Å²) in [6, 6.07) is 10.4. The molecule has 2 saturated heterocycles. The third kappa shape index (κ3) is 11.6. The maximum Gasteiger partial charge on any atom is 0.530 e. The smallest absolute Gasteiger partial charge is 0.402 e. The number of nitrogens with zero attached hydrogens (tertiary/aromatic N) is 3. The highest BCUT2D eigenvalue weighted by Gasteiger charge is 2.62. The van der Waals surface area contributed by atoms with Crippen LogP contribution in [-0.2, 0) is 38.2 Å². The Morgan fingerprint density at radius 3 is 2.17 bits per heavy atom. The normalized spacial score (nSPS) is 23.4. The quantitative estimate of drug-likeness (QED) is 0.0650. The minimum atomic E-state index is -4.21. The minimum absolute atomic E-state index is 0.000456. The number of nitrogens with two attached hydrogens (primary N) is 1. The molecule has 53 heavy (non-hydrogen) atoms. The molecule has 2 N–H and O–H groups in total. The van der Waals surface area contributed by atoms with Gasteiger partial charge in [0, 0.05) is 6.61 Å². The second-order valence-corrected chi connectivity index (χ2v) is 16.8. The number of hydrogen-bond acceptors (Lipinski definition) is 11. The molecule has 12 nitrogen and oxygen atoms in total. The van der Waals surface area contributed by atoms with Crippen molar-refractivity contribution in [1.29, 1.82) is 0 Å². The van der Waals surface area contributed by atoms with Gasteiger partial charge in [-0.05, 0) is 51.5 Å². The molecular weight excluding hydrogens is 719 g/mol. The fraction of sp³-hybridized carbons (Fsp3) is 0.692. The van der Waals surface area contributed by atoms with Crippen LogP contribution >= 0.6 is 19.4 Å². The molecule has 0 radical (unpaired) electrons. The third-order valence-electron chi connectivity index (χ3n) is 9.99. The predicted molar refractivity (Wildman–Crippen MR) is 206 cm³/mol. The van der Waals surface area contributed by atoms with Crippen LogP contribution in [0, 0.1) is 0 Å². The first kappa shape index (κ1) is 41.9. The van der Waals surface area contributed by atoms with Crippen LogP contribution in [0.25, 0.3) is 5.52 Å². The van der Waals surface area contributed by atoms with Crippen molar-refractivity contribution in [1.82, 2.24) is 14.6 Å². The van der Waals surface area contributed by atoms with Crippen LogP contribution in [0.3, 0.4) is 0 Å². The van der Waals surface area contributed by atoms with Crippen LogP contribution in [-0.4, -0.2) is 65.1 Å². The first-order chi connectivity index (χ1) is 25.6. The van der Waals surface area contributed by atoms with E-state index in [1.165, 1.54) is 83.4 Å². The Balaban J connectivity index is 1.08. The molecule has 0 amide bonds. The van der Waals surface area contributed by atoms with Gasteiger partial charge in [-0.1, -0.05) is 114 Å². The first-order valence-electron chi connectivity index (χ1n) is 19.6. The summed E-state index contributed by atoms with van der Waals surface area (Å²) in [6.07, 6.45) is 17.8.